The smallest absolute Gasteiger partial charge is 0.345 e. The zero-order chi connectivity index (χ0) is 11.3. The molecule has 0 radical (unpaired) electrons. The number of carboxylic acid groups (broad SMARTS) is 1. The fourth-order valence-corrected chi connectivity index (χ4v) is 1.65. The van der Waals surface area contributed by atoms with Crippen molar-refractivity contribution < 1.29 is 19.4 Å². The zero-order valence-electron chi connectivity index (χ0n) is 8.15. The standard InChI is InChI=1S/C9H11NO4S/c1-2-14-5-7(11)10-8-4-3-6(15-8)9(12)13/h3-4H,2,5H2,1H3,(H,10,11)(H,12,13). The van der Waals surface area contributed by atoms with Gasteiger partial charge in [0.05, 0.1) is 5.00 Å². The summed E-state index contributed by atoms with van der Waals surface area (Å²) < 4.78 is 4.90. The third kappa shape index (κ3) is 3.69. The molecule has 0 aliphatic rings. The van der Waals surface area contributed by atoms with E-state index in [9.17, 15) is 9.59 Å². The normalized spacial score (nSPS) is 9.93. The van der Waals surface area contributed by atoms with E-state index in [0.29, 0.717) is 11.6 Å². The van der Waals surface area contributed by atoms with Crippen molar-refractivity contribution >= 4 is 28.2 Å². The molecule has 1 aromatic heterocycles. The van der Waals surface area contributed by atoms with E-state index in [1.165, 1.54) is 6.07 Å². The fourth-order valence-electron chi connectivity index (χ4n) is 0.888. The molecule has 0 aliphatic heterocycles. The van der Waals surface area contributed by atoms with Crippen LogP contribution < -0.4 is 5.32 Å². The van der Waals surface area contributed by atoms with Gasteiger partial charge in [-0.1, -0.05) is 0 Å². The van der Waals surface area contributed by atoms with Crippen LogP contribution in [0.2, 0.25) is 0 Å². The molecule has 0 saturated carbocycles. The quantitative estimate of drug-likeness (QED) is 0.800. The van der Waals surface area contributed by atoms with Crippen LogP contribution >= 0.6 is 11.3 Å². The maximum Gasteiger partial charge on any atom is 0.345 e. The largest absolute Gasteiger partial charge is 0.477 e. The Labute approximate surface area is 90.7 Å². The van der Waals surface area contributed by atoms with Crippen molar-refractivity contribution in [3.8, 4) is 0 Å². The number of thiophene rings is 1. The van der Waals surface area contributed by atoms with Gasteiger partial charge in [0.2, 0.25) is 0 Å². The van der Waals surface area contributed by atoms with E-state index < -0.39 is 5.97 Å². The number of carbonyl (C=O) groups is 2. The van der Waals surface area contributed by atoms with Crippen LogP contribution in [-0.4, -0.2) is 30.2 Å². The fraction of sp³-hybridized carbons (Fsp3) is 0.333. The predicted octanol–water partition coefficient (Wildman–Crippen LogP) is 1.42. The van der Waals surface area contributed by atoms with E-state index in [0.717, 1.165) is 11.3 Å². The Morgan fingerprint density at radius 1 is 1.53 bits per heavy atom. The molecule has 1 aromatic rings. The molecule has 0 fully saturated rings. The van der Waals surface area contributed by atoms with Crippen LogP contribution in [0.4, 0.5) is 5.00 Å². The molecule has 0 aromatic carbocycles. The van der Waals surface area contributed by atoms with E-state index in [4.69, 9.17) is 9.84 Å². The van der Waals surface area contributed by atoms with Gasteiger partial charge in [0.25, 0.3) is 5.91 Å². The number of carboxylic acids is 1. The summed E-state index contributed by atoms with van der Waals surface area (Å²) in [5.41, 5.74) is 0. The van der Waals surface area contributed by atoms with Crippen LogP contribution in [0.5, 0.6) is 0 Å². The van der Waals surface area contributed by atoms with Gasteiger partial charge in [-0.3, -0.25) is 4.79 Å². The highest BCUT2D eigenvalue weighted by Crippen LogP contribution is 2.21. The Hall–Kier alpha value is -1.40. The lowest BCUT2D eigenvalue weighted by atomic mass is 10.5. The lowest BCUT2D eigenvalue weighted by Crippen LogP contribution is -2.17. The third-order valence-corrected chi connectivity index (χ3v) is 2.51. The predicted molar refractivity (Wildman–Crippen MR) is 56.4 cm³/mol. The van der Waals surface area contributed by atoms with Gasteiger partial charge in [-0.25, -0.2) is 4.79 Å². The van der Waals surface area contributed by atoms with E-state index in [1.54, 1.807) is 13.0 Å². The van der Waals surface area contributed by atoms with Crippen LogP contribution in [-0.2, 0) is 9.53 Å². The number of carbonyl (C=O) groups excluding carboxylic acids is 1. The van der Waals surface area contributed by atoms with Crippen molar-refractivity contribution in [2.24, 2.45) is 0 Å². The zero-order valence-corrected chi connectivity index (χ0v) is 8.97. The van der Waals surface area contributed by atoms with Crippen molar-refractivity contribution in [1.82, 2.24) is 0 Å². The molecular weight excluding hydrogens is 218 g/mol. The van der Waals surface area contributed by atoms with E-state index >= 15 is 0 Å². The molecular formula is C9H11NO4S. The minimum Gasteiger partial charge on any atom is -0.477 e. The summed E-state index contributed by atoms with van der Waals surface area (Å²) in [6.07, 6.45) is 0. The first kappa shape index (κ1) is 11.7. The second kappa shape index (κ2) is 5.47. The summed E-state index contributed by atoms with van der Waals surface area (Å²) in [5, 5.41) is 11.7. The van der Waals surface area contributed by atoms with E-state index in [1.807, 2.05) is 0 Å². The minimum atomic E-state index is -0.995. The van der Waals surface area contributed by atoms with Crippen LogP contribution in [0.3, 0.4) is 0 Å². The lowest BCUT2D eigenvalue weighted by Gasteiger charge is -2.01. The number of hydrogen-bond acceptors (Lipinski definition) is 4. The molecule has 82 valence electrons. The number of aromatic carboxylic acids is 1. The molecule has 1 heterocycles. The van der Waals surface area contributed by atoms with Gasteiger partial charge in [-0.15, -0.1) is 11.3 Å². The number of anilines is 1. The molecule has 1 amide bonds. The van der Waals surface area contributed by atoms with E-state index in [2.05, 4.69) is 5.32 Å². The van der Waals surface area contributed by atoms with Crippen molar-refractivity contribution in [1.29, 1.82) is 0 Å². The Bertz CT molecular complexity index is 361. The first-order valence-corrected chi connectivity index (χ1v) is 5.16. The monoisotopic (exact) mass is 229 g/mol. The van der Waals surface area contributed by atoms with Gasteiger partial charge in [-0.2, -0.15) is 0 Å². The van der Waals surface area contributed by atoms with Crippen LogP contribution in [0.1, 0.15) is 16.6 Å². The molecule has 15 heavy (non-hydrogen) atoms. The Balaban J connectivity index is 2.50. The third-order valence-electron chi connectivity index (χ3n) is 1.52. The summed E-state index contributed by atoms with van der Waals surface area (Å²) >= 11 is 1.02. The summed E-state index contributed by atoms with van der Waals surface area (Å²) in [6.45, 7) is 2.25. The van der Waals surface area contributed by atoms with Crippen LogP contribution in [0.25, 0.3) is 0 Å². The Morgan fingerprint density at radius 2 is 2.27 bits per heavy atom. The minimum absolute atomic E-state index is 0.0171. The molecule has 0 unspecified atom stereocenters. The number of rotatable bonds is 5. The van der Waals surface area contributed by atoms with Crippen molar-refractivity contribution in [2.45, 2.75) is 6.92 Å². The molecule has 0 aliphatic carbocycles. The van der Waals surface area contributed by atoms with Crippen LogP contribution in [0, 0.1) is 0 Å². The average molecular weight is 229 g/mol. The summed E-state index contributed by atoms with van der Waals surface area (Å²) in [5.74, 6) is -1.28. The van der Waals surface area contributed by atoms with E-state index in [-0.39, 0.29) is 17.4 Å². The average Bonchev–Trinajstić information content (AvgIpc) is 2.63. The molecule has 1 rings (SSSR count). The summed E-state index contributed by atoms with van der Waals surface area (Å²) in [4.78, 5) is 21.9. The molecule has 0 saturated heterocycles. The first-order chi connectivity index (χ1) is 7.13. The molecule has 0 atom stereocenters. The number of ether oxygens (including phenoxy) is 1. The molecule has 5 nitrogen and oxygen atoms in total. The van der Waals surface area contributed by atoms with Gasteiger partial charge in [0, 0.05) is 6.61 Å². The van der Waals surface area contributed by atoms with Crippen LogP contribution in [0.15, 0.2) is 12.1 Å². The summed E-state index contributed by atoms with van der Waals surface area (Å²) in [6, 6.07) is 3.00. The number of amides is 1. The molecule has 2 N–H and O–H groups in total. The first-order valence-electron chi connectivity index (χ1n) is 4.34. The van der Waals surface area contributed by atoms with Crippen molar-refractivity contribution in [3.05, 3.63) is 17.0 Å². The highest BCUT2D eigenvalue weighted by molar-refractivity contribution is 7.18. The number of nitrogens with one attached hydrogen (secondary N) is 1. The molecule has 6 heteroatoms. The molecule has 0 spiro atoms. The van der Waals surface area contributed by atoms with Gasteiger partial charge in [0.15, 0.2) is 0 Å². The van der Waals surface area contributed by atoms with Crippen molar-refractivity contribution in [2.75, 3.05) is 18.5 Å². The highest BCUT2D eigenvalue weighted by Gasteiger charge is 2.08. The second-order valence-corrected chi connectivity index (χ2v) is 3.74. The van der Waals surface area contributed by atoms with Gasteiger partial charge in [0.1, 0.15) is 11.5 Å². The SMILES string of the molecule is CCOCC(=O)Nc1ccc(C(=O)O)s1. The van der Waals surface area contributed by atoms with Gasteiger partial charge in [-0.05, 0) is 19.1 Å². The molecule has 0 bridgehead atoms. The van der Waals surface area contributed by atoms with Crippen molar-refractivity contribution in [3.63, 3.8) is 0 Å². The highest BCUT2D eigenvalue weighted by atomic mass is 32.1. The Kier molecular flexibility index (Phi) is 4.26. The Morgan fingerprint density at radius 3 is 2.80 bits per heavy atom. The van der Waals surface area contributed by atoms with Gasteiger partial charge < -0.3 is 15.2 Å². The maximum atomic E-state index is 11.2. The van der Waals surface area contributed by atoms with Gasteiger partial charge >= 0.3 is 5.97 Å². The number of hydrogen-bond donors (Lipinski definition) is 2. The maximum absolute atomic E-state index is 11.2. The summed E-state index contributed by atoms with van der Waals surface area (Å²) in [7, 11) is 0. The lowest BCUT2D eigenvalue weighted by molar-refractivity contribution is -0.120. The topological polar surface area (TPSA) is 75.6 Å². The second-order valence-electron chi connectivity index (χ2n) is 2.65.